The summed E-state index contributed by atoms with van der Waals surface area (Å²) in [6.45, 7) is 2.72. The number of nitrogens with zero attached hydrogens (tertiary/aromatic N) is 5. The molecule has 0 N–H and O–H groups in total. The van der Waals surface area contributed by atoms with E-state index in [0.29, 0.717) is 26.2 Å². The zero-order valence-corrected chi connectivity index (χ0v) is 13.8. The van der Waals surface area contributed by atoms with Crippen molar-refractivity contribution in [3.05, 3.63) is 43.0 Å². The zero-order valence-electron chi connectivity index (χ0n) is 13.8. The Balaban J connectivity index is 1.48. The molecule has 1 aliphatic rings. The third-order valence-electron chi connectivity index (χ3n) is 4.26. The molecule has 0 radical (unpaired) electrons. The van der Waals surface area contributed by atoms with Gasteiger partial charge in [-0.05, 0) is 19.3 Å². The van der Waals surface area contributed by atoms with Crippen LogP contribution in [0.2, 0.25) is 0 Å². The van der Waals surface area contributed by atoms with Crippen LogP contribution in [-0.2, 0) is 22.5 Å². The number of imidazole rings is 1. The number of carbonyl (C=O) groups excluding carboxylic acids is 1. The molecule has 1 unspecified atom stereocenters. The average molecular weight is 329 g/mol. The molecular weight excluding hydrogens is 306 g/mol. The highest BCUT2D eigenvalue weighted by Gasteiger charge is 2.26. The number of aryl methyl sites for hydroxylation is 2. The molecule has 0 aliphatic carbocycles. The summed E-state index contributed by atoms with van der Waals surface area (Å²) in [5, 5.41) is 0. The molecule has 128 valence electrons. The molecule has 7 heteroatoms. The molecule has 1 saturated heterocycles. The maximum absolute atomic E-state index is 12.6. The van der Waals surface area contributed by atoms with Crippen LogP contribution in [-0.4, -0.2) is 56.1 Å². The molecule has 2 aromatic heterocycles. The van der Waals surface area contributed by atoms with Crippen molar-refractivity contribution in [2.45, 2.75) is 38.3 Å². The summed E-state index contributed by atoms with van der Waals surface area (Å²) in [6, 6.07) is 0.126. The number of ether oxygens (including phenoxy) is 1. The van der Waals surface area contributed by atoms with Gasteiger partial charge in [0.1, 0.15) is 0 Å². The van der Waals surface area contributed by atoms with E-state index >= 15 is 0 Å². The van der Waals surface area contributed by atoms with Crippen molar-refractivity contribution in [1.29, 1.82) is 0 Å². The first kappa shape index (κ1) is 16.6. The topological polar surface area (TPSA) is 73.1 Å². The van der Waals surface area contributed by atoms with E-state index in [2.05, 4.69) is 15.0 Å². The Hall–Kier alpha value is -2.28. The number of morpholine rings is 1. The number of hydrogen-bond acceptors (Lipinski definition) is 5. The quantitative estimate of drug-likeness (QED) is 0.766. The van der Waals surface area contributed by atoms with Gasteiger partial charge in [0.05, 0.1) is 31.3 Å². The molecule has 0 saturated carbocycles. The summed E-state index contributed by atoms with van der Waals surface area (Å²) < 4.78 is 7.57. The van der Waals surface area contributed by atoms with Gasteiger partial charge in [0.25, 0.3) is 0 Å². The highest BCUT2D eigenvalue weighted by molar-refractivity contribution is 5.76. The Morgan fingerprint density at radius 3 is 3.04 bits per heavy atom. The SMILES string of the molecule is O=C(CCCn1ccnc1)N1CCOCC1CCc1cnccn1. The number of rotatable bonds is 7. The van der Waals surface area contributed by atoms with Crippen LogP contribution in [0.1, 0.15) is 25.0 Å². The highest BCUT2D eigenvalue weighted by Crippen LogP contribution is 2.15. The smallest absolute Gasteiger partial charge is 0.223 e. The van der Waals surface area contributed by atoms with E-state index in [4.69, 9.17) is 4.74 Å². The Bertz CT molecular complexity index is 617. The molecule has 0 spiro atoms. The second-order valence-electron chi connectivity index (χ2n) is 5.96. The van der Waals surface area contributed by atoms with Crippen LogP contribution in [0.15, 0.2) is 37.3 Å². The molecule has 0 bridgehead atoms. The Morgan fingerprint density at radius 2 is 2.25 bits per heavy atom. The van der Waals surface area contributed by atoms with Gasteiger partial charge in [-0.2, -0.15) is 0 Å². The van der Waals surface area contributed by atoms with Crippen LogP contribution in [0.5, 0.6) is 0 Å². The monoisotopic (exact) mass is 329 g/mol. The van der Waals surface area contributed by atoms with Gasteiger partial charge in [0.15, 0.2) is 0 Å². The van der Waals surface area contributed by atoms with Gasteiger partial charge in [-0.15, -0.1) is 0 Å². The van der Waals surface area contributed by atoms with Crippen molar-refractivity contribution in [3.63, 3.8) is 0 Å². The molecule has 1 fully saturated rings. The minimum atomic E-state index is 0.126. The van der Waals surface area contributed by atoms with Crippen LogP contribution < -0.4 is 0 Å². The minimum Gasteiger partial charge on any atom is -0.377 e. The summed E-state index contributed by atoms with van der Waals surface area (Å²) in [7, 11) is 0. The molecule has 1 aliphatic heterocycles. The summed E-state index contributed by atoms with van der Waals surface area (Å²) in [4.78, 5) is 26.9. The zero-order chi connectivity index (χ0) is 16.6. The molecular formula is C17H23N5O2. The van der Waals surface area contributed by atoms with Gasteiger partial charge in [0, 0.05) is 50.5 Å². The Kier molecular flexibility index (Phi) is 5.90. The summed E-state index contributed by atoms with van der Waals surface area (Å²) in [6.07, 6.45) is 13.6. The molecule has 3 heterocycles. The lowest BCUT2D eigenvalue weighted by Gasteiger charge is -2.35. The highest BCUT2D eigenvalue weighted by atomic mass is 16.5. The van der Waals surface area contributed by atoms with E-state index < -0.39 is 0 Å². The van der Waals surface area contributed by atoms with Crippen molar-refractivity contribution in [3.8, 4) is 0 Å². The number of aromatic nitrogens is 4. The predicted molar refractivity (Wildman–Crippen MR) is 88.1 cm³/mol. The van der Waals surface area contributed by atoms with E-state index in [1.54, 1.807) is 31.1 Å². The molecule has 7 nitrogen and oxygen atoms in total. The molecule has 0 aromatic carbocycles. The van der Waals surface area contributed by atoms with Gasteiger partial charge in [-0.25, -0.2) is 4.98 Å². The maximum atomic E-state index is 12.6. The molecule has 1 amide bonds. The van der Waals surface area contributed by atoms with Gasteiger partial charge >= 0.3 is 0 Å². The second-order valence-corrected chi connectivity index (χ2v) is 5.96. The normalized spacial score (nSPS) is 17.8. The van der Waals surface area contributed by atoms with E-state index in [1.807, 2.05) is 15.7 Å². The molecule has 3 rings (SSSR count). The third kappa shape index (κ3) is 4.61. The standard InChI is InChI=1S/C17H23N5O2/c23-17(2-1-8-21-9-7-19-14-21)22-10-11-24-13-16(22)4-3-15-12-18-5-6-20-15/h5-7,9,12,14,16H,1-4,8,10-11,13H2. The van der Waals surface area contributed by atoms with Crippen LogP contribution in [0, 0.1) is 0 Å². The van der Waals surface area contributed by atoms with E-state index in [1.165, 1.54) is 0 Å². The van der Waals surface area contributed by atoms with Crippen molar-refractivity contribution in [1.82, 2.24) is 24.4 Å². The Labute approximate surface area is 141 Å². The largest absolute Gasteiger partial charge is 0.377 e. The van der Waals surface area contributed by atoms with Crippen LogP contribution in [0.25, 0.3) is 0 Å². The lowest BCUT2D eigenvalue weighted by Crippen LogP contribution is -2.48. The van der Waals surface area contributed by atoms with Gasteiger partial charge in [-0.3, -0.25) is 14.8 Å². The second kappa shape index (κ2) is 8.54. The summed E-state index contributed by atoms with van der Waals surface area (Å²) >= 11 is 0. The number of carbonyl (C=O) groups is 1. The average Bonchev–Trinajstić information content (AvgIpc) is 3.14. The maximum Gasteiger partial charge on any atom is 0.223 e. The number of hydrogen-bond donors (Lipinski definition) is 0. The Morgan fingerprint density at radius 1 is 1.29 bits per heavy atom. The van der Waals surface area contributed by atoms with Gasteiger partial charge in [0.2, 0.25) is 5.91 Å². The lowest BCUT2D eigenvalue weighted by atomic mass is 10.1. The third-order valence-corrected chi connectivity index (χ3v) is 4.26. The van der Waals surface area contributed by atoms with Crippen LogP contribution in [0.4, 0.5) is 0 Å². The first-order valence-electron chi connectivity index (χ1n) is 8.41. The number of amides is 1. The van der Waals surface area contributed by atoms with Crippen molar-refractivity contribution in [2.24, 2.45) is 0 Å². The fourth-order valence-electron chi connectivity index (χ4n) is 2.97. The summed E-state index contributed by atoms with van der Waals surface area (Å²) in [5.74, 6) is 0.211. The van der Waals surface area contributed by atoms with Crippen molar-refractivity contribution in [2.75, 3.05) is 19.8 Å². The molecule has 1 atom stereocenters. The summed E-state index contributed by atoms with van der Waals surface area (Å²) in [5.41, 5.74) is 0.954. The molecule has 2 aromatic rings. The van der Waals surface area contributed by atoms with Crippen molar-refractivity contribution < 1.29 is 9.53 Å². The first-order chi connectivity index (χ1) is 11.8. The minimum absolute atomic E-state index is 0.126. The predicted octanol–water partition coefficient (Wildman–Crippen LogP) is 1.31. The van der Waals surface area contributed by atoms with Gasteiger partial charge < -0.3 is 14.2 Å². The van der Waals surface area contributed by atoms with E-state index in [9.17, 15) is 4.79 Å². The molecule has 24 heavy (non-hydrogen) atoms. The fourth-order valence-corrected chi connectivity index (χ4v) is 2.97. The van der Waals surface area contributed by atoms with Crippen molar-refractivity contribution >= 4 is 5.91 Å². The lowest BCUT2D eigenvalue weighted by molar-refractivity contribution is -0.140. The van der Waals surface area contributed by atoms with E-state index in [0.717, 1.165) is 31.5 Å². The fraction of sp³-hybridized carbons (Fsp3) is 0.529. The van der Waals surface area contributed by atoms with Gasteiger partial charge in [-0.1, -0.05) is 0 Å². The van der Waals surface area contributed by atoms with Crippen LogP contribution >= 0.6 is 0 Å². The first-order valence-corrected chi connectivity index (χ1v) is 8.41. The van der Waals surface area contributed by atoms with E-state index in [-0.39, 0.29) is 11.9 Å². The van der Waals surface area contributed by atoms with Crippen LogP contribution in [0.3, 0.4) is 0 Å².